The fourth-order valence-electron chi connectivity index (χ4n) is 3.76. The van der Waals surface area contributed by atoms with Gasteiger partial charge in [-0.1, -0.05) is 65.7 Å². The summed E-state index contributed by atoms with van der Waals surface area (Å²) in [5.41, 5.74) is 4.38. The molecule has 0 fully saturated rings. The summed E-state index contributed by atoms with van der Waals surface area (Å²) in [6, 6.07) is 22.4. The van der Waals surface area contributed by atoms with Crippen molar-refractivity contribution < 1.29 is 14.6 Å². The summed E-state index contributed by atoms with van der Waals surface area (Å²) in [6.45, 7) is 2.36. The molecule has 5 heteroatoms. The molecule has 1 aliphatic rings. The molecule has 1 N–H and O–H groups in total. The fourth-order valence-corrected chi connectivity index (χ4v) is 3.89. The van der Waals surface area contributed by atoms with Crippen molar-refractivity contribution in [3.05, 3.63) is 106 Å². The summed E-state index contributed by atoms with van der Waals surface area (Å²) in [5, 5.41) is 11.5. The second-order valence-electron chi connectivity index (χ2n) is 7.36. The highest BCUT2D eigenvalue weighted by Crippen LogP contribution is 2.44. The number of halogens is 1. The number of ether oxygens (including phenoxy) is 1. The Balaban J connectivity index is 1.77. The number of methoxy groups -OCH3 is 1. The van der Waals surface area contributed by atoms with Crippen LogP contribution in [0.2, 0.25) is 5.02 Å². The maximum Gasteiger partial charge on any atom is 0.290 e. The van der Waals surface area contributed by atoms with Crippen LogP contribution < -0.4 is 4.74 Å². The second-order valence-corrected chi connectivity index (χ2v) is 7.80. The van der Waals surface area contributed by atoms with E-state index in [9.17, 15) is 9.90 Å². The Bertz CT molecular complexity index is 1090. The first-order chi connectivity index (χ1) is 14.5. The van der Waals surface area contributed by atoms with Gasteiger partial charge in [0.15, 0.2) is 5.76 Å². The number of amides is 1. The highest BCUT2D eigenvalue weighted by atomic mass is 35.5. The van der Waals surface area contributed by atoms with Crippen LogP contribution in [-0.2, 0) is 11.3 Å². The van der Waals surface area contributed by atoms with Gasteiger partial charge in [0, 0.05) is 17.1 Å². The largest absolute Gasteiger partial charge is 0.503 e. The number of hydrogen-bond acceptors (Lipinski definition) is 3. The van der Waals surface area contributed by atoms with Crippen molar-refractivity contribution in [2.75, 3.05) is 7.11 Å². The van der Waals surface area contributed by atoms with Gasteiger partial charge in [0.2, 0.25) is 0 Å². The number of rotatable bonds is 5. The number of benzene rings is 3. The molecule has 0 saturated heterocycles. The van der Waals surface area contributed by atoms with Crippen LogP contribution in [0.25, 0.3) is 5.57 Å². The Kier molecular flexibility index (Phi) is 5.51. The molecular weight excluding hydrogens is 398 g/mol. The minimum Gasteiger partial charge on any atom is -0.503 e. The number of aliphatic hydroxyl groups is 1. The van der Waals surface area contributed by atoms with Crippen LogP contribution in [0.15, 0.2) is 78.6 Å². The molecule has 0 spiro atoms. The molecule has 0 aliphatic carbocycles. The van der Waals surface area contributed by atoms with Crippen molar-refractivity contribution in [3.8, 4) is 5.75 Å². The zero-order valence-corrected chi connectivity index (χ0v) is 17.6. The van der Waals surface area contributed by atoms with Crippen molar-refractivity contribution in [2.24, 2.45) is 0 Å². The highest BCUT2D eigenvalue weighted by molar-refractivity contribution is 6.30. The Morgan fingerprint density at radius 3 is 2.20 bits per heavy atom. The molecule has 0 radical (unpaired) electrons. The Labute approximate surface area is 181 Å². The van der Waals surface area contributed by atoms with E-state index in [1.54, 1.807) is 24.1 Å². The standard InChI is InChI=1S/C25H22ClNO3/c1-16-3-7-18(8-4-16)22-23(19-9-11-20(26)12-10-19)27(25(29)24(22)28)15-17-5-13-21(30-2)14-6-17/h3-14,23,28H,15H2,1-2H3/t23-/m1/s1. The van der Waals surface area contributed by atoms with E-state index in [1.807, 2.05) is 67.6 Å². The number of nitrogens with zero attached hydrogens (tertiary/aromatic N) is 1. The Morgan fingerprint density at radius 2 is 1.60 bits per heavy atom. The molecule has 1 amide bonds. The molecule has 4 rings (SSSR count). The van der Waals surface area contributed by atoms with E-state index < -0.39 is 6.04 Å². The quantitative estimate of drug-likeness (QED) is 0.576. The van der Waals surface area contributed by atoms with Crippen molar-refractivity contribution >= 4 is 23.1 Å². The molecule has 1 atom stereocenters. The number of hydrogen-bond donors (Lipinski definition) is 1. The second kappa shape index (κ2) is 8.25. The van der Waals surface area contributed by atoms with E-state index in [0.717, 1.165) is 28.0 Å². The van der Waals surface area contributed by atoms with Crippen LogP contribution in [0.1, 0.15) is 28.3 Å². The lowest BCUT2D eigenvalue weighted by molar-refractivity contribution is -0.130. The number of aryl methyl sites for hydroxylation is 1. The first-order valence-electron chi connectivity index (χ1n) is 9.67. The molecular formula is C25H22ClNO3. The van der Waals surface area contributed by atoms with E-state index in [-0.39, 0.29) is 11.7 Å². The SMILES string of the molecule is COc1ccc(CN2C(=O)C(O)=C(c3ccc(C)cc3)[C@H]2c2ccc(Cl)cc2)cc1. The maximum absolute atomic E-state index is 13.1. The zero-order chi connectivity index (χ0) is 21.3. The third-order valence-corrected chi connectivity index (χ3v) is 5.62. The van der Waals surface area contributed by atoms with Crippen LogP contribution in [0.4, 0.5) is 0 Å². The molecule has 0 unspecified atom stereocenters. The van der Waals surface area contributed by atoms with E-state index in [0.29, 0.717) is 17.1 Å². The lowest BCUT2D eigenvalue weighted by atomic mass is 9.93. The number of aliphatic hydroxyl groups excluding tert-OH is 1. The van der Waals surface area contributed by atoms with Gasteiger partial charge in [0.25, 0.3) is 5.91 Å². The Hall–Kier alpha value is -3.24. The van der Waals surface area contributed by atoms with E-state index in [4.69, 9.17) is 16.3 Å². The van der Waals surface area contributed by atoms with E-state index in [1.165, 1.54) is 0 Å². The summed E-state index contributed by atoms with van der Waals surface area (Å²) in [5.74, 6) is 0.149. The van der Waals surface area contributed by atoms with Gasteiger partial charge in [0.1, 0.15) is 5.75 Å². The van der Waals surface area contributed by atoms with Crippen LogP contribution >= 0.6 is 11.6 Å². The van der Waals surface area contributed by atoms with Crippen molar-refractivity contribution in [1.29, 1.82) is 0 Å². The van der Waals surface area contributed by atoms with Crippen molar-refractivity contribution in [2.45, 2.75) is 19.5 Å². The lowest BCUT2D eigenvalue weighted by Crippen LogP contribution is -2.29. The molecule has 152 valence electrons. The predicted molar refractivity (Wildman–Crippen MR) is 118 cm³/mol. The molecule has 3 aromatic rings. The average Bonchev–Trinajstić information content (AvgIpc) is 3.00. The molecule has 1 aliphatic heterocycles. The molecule has 0 saturated carbocycles. The summed E-state index contributed by atoms with van der Waals surface area (Å²) in [6.07, 6.45) is 0. The van der Waals surface area contributed by atoms with Crippen LogP contribution in [0.3, 0.4) is 0 Å². The molecule has 0 bridgehead atoms. The zero-order valence-electron chi connectivity index (χ0n) is 16.8. The third-order valence-electron chi connectivity index (χ3n) is 5.36. The topological polar surface area (TPSA) is 49.8 Å². The normalized spacial score (nSPS) is 16.3. The Morgan fingerprint density at radius 1 is 0.967 bits per heavy atom. The van der Waals surface area contributed by atoms with Gasteiger partial charge in [-0.15, -0.1) is 0 Å². The lowest BCUT2D eigenvalue weighted by Gasteiger charge is -2.27. The van der Waals surface area contributed by atoms with Crippen LogP contribution in [0.5, 0.6) is 5.75 Å². The third kappa shape index (κ3) is 3.79. The highest BCUT2D eigenvalue weighted by Gasteiger charge is 2.40. The summed E-state index contributed by atoms with van der Waals surface area (Å²) in [4.78, 5) is 14.8. The molecule has 30 heavy (non-hydrogen) atoms. The van der Waals surface area contributed by atoms with Crippen LogP contribution in [0, 0.1) is 6.92 Å². The van der Waals surface area contributed by atoms with Crippen LogP contribution in [-0.4, -0.2) is 23.0 Å². The average molecular weight is 420 g/mol. The summed E-state index contributed by atoms with van der Waals surface area (Å²) in [7, 11) is 1.62. The minimum absolute atomic E-state index is 0.215. The smallest absolute Gasteiger partial charge is 0.290 e. The number of carbonyl (C=O) groups is 1. The van der Waals surface area contributed by atoms with Gasteiger partial charge >= 0.3 is 0 Å². The van der Waals surface area contributed by atoms with Crippen molar-refractivity contribution in [3.63, 3.8) is 0 Å². The van der Waals surface area contributed by atoms with Gasteiger partial charge < -0.3 is 14.7 Å². The minimum atomic E-state index is -0.417. The molecule has 1 heterocycles. The first-order valence-corrected chi connectivity index (χ1v) is 10.1. The first kappa shape index (κ1) is 20.0. The maximum atomic E-state index is 13.1. The fraction of sp³-hybridized carbons (Fsp3) is 0.160. The van der Waals surface area contributed by atoms with Gasteiger partial charge in [-0.2, -0.15) is 0 Å². The van der Waals surface area contributed by atoms with Crippen molar-refractivity contribution in [1.82, 2.24) is 4.90 Å². The summed E-state index contributed by atoms with van der Waals surface area (Å²) < 4.78 is 5.22. The van der Waals surface area contributed by atoms with Gasteiger partial charge in [-0.25, -0.2) is 0 Å². The predicted octanol–water partition coefficient (Wildman–Crippen LogP) is 5.71. The van der Waals surface area contributed by atoms with Gasteiger partial charge in [-0.05, 0) is 47.9 Å². The summed E-state index contributed by atoms with van der Waals surface area (Å²) >= 11 is 6.09. The van der Waals surface area contributed by atoms with E-state index in [2.05, 4.69) is 0 Å². The van der Waals surface area contributed by atoms with Gasteiger partial charge in [-0.3, -0.25) is 4.79 Å². The monoisotopic (exact) mass is 419 g/mol. The number of carbonyl (C=O) groups excluding carboxylic acids is 1. The van der Waals surface area contributed by atoms with E-state index >= 15 is 0 Å². The molecule has 3 aromatic carbocycles. The molecule has 0 aromatic heterocycles. The molecule has 4 nitrogen and oxygen atoms in total. The van der Waals surface area contributed by atoms with Gasteiger partial charge in [0.05, 0.1) is 13.2 Å².